The molecule has 4 nitrogen and oxygen atoms in total. The molecular formula is C26H28O4. The Balaban J connectivity index is 2.18. The average molecular weight is 405 g/mol. The van der Waals surface area contributed by atoms with Crippen LogP contribution in [0.4, 0.5) is 0 Å². The van der Waals surface area contributed by atoms with Gasteiger partial charge in [-0.05, 0) is 41.8 Å². The fourth-order valence-corrected chi connectivity index (χ4v) is 3.80. The Kier molecular flexibility index (Phi) is 7.12. The highest BCUT2D eigenvalue weighted by atomic mass is 16.5. The molecule has 0 aliphatic heterocycles. The van der Waals surface area contributed by atoms with Crippen LogP contribution >= 0.6 is 0 Å². The molecule has 0 unspecified atom stereocenters. The molecule has 0 aromatic heterocycles. The molecule has 0 radical (unpaired) electrons. The van der Waals surface area contributed by atoms with Crippen molar-refractivity contribution in [3.63, 3.8) is 0 Å². The van der Waals surface area contributed by atoms with E-state index in [2.05, 4.69) is 6.92 Å². The summed E-state index contributed by atoms with van der Waals surface area (Å²) in [5.74, 6) is -0.661. The smallest absolute Gasteiger partial charge is 0.335 e. The zero-order chi connectivity index (χ0) is 21.5. The lowest BCUT2D eigenvalue weighted by atomic mass is 9.91. The molecule has 156 valence electrons. The molecule has 0 aliphatic carbocycles. The van der Waals surface area contributed by atoms with Crippen LogP contribution in [0.3, 0.4) is 0 Å². The first kappa shape index (κ1) is 21.4. The lowest BCUT2D eigenvalue weighted by molar-refractivity contribution is -0.130. The van der Waals surface area contributed by atoms with Crippen molar-refractivity contribution >= 4 is 22.3 Å². The van der Waals surface area contributed by atoms with Gasteiger partial charge in [0.05, 0.1) is 12.7 Å². The topological polar surface area (TPSA) is 66.8 Å². The number of carboxylic acid groups (broad SMARTS) is 1. The molecule has 0 saturated carbocycles. The number of unbranched alkanes of at least 4 members (excludes halogenated alkanes) is 3. The number of aromatic hydroxyl groups is 1. The van der Waals surface area contributed by atoms with E-state index in [4.69, 9.17) is 4.74 Å². The van der Waals surface area contributed by atoms with Gasteiger partial charge in [0.15, 0.2) is 11.5 Å². The first-order chi connectivity index (χ1) is 14.6. The Morgan fingerprint density at radius 1 is 1.07 bits per heavy atom. The van der Waals surface area contributed by atoms with Crippen molar-refractivity contribution in [3.8, 4) is 11.5 Å². The number of aliphatic carboxylic acids is 1. The molecule has 0 fully saturated rings. The Morgan fingerprint density at radius 2 is 1.83 bits per heavy atom. The molecule has 3 aromatic carbocycles. The van der Waals surface area contributed by atoms with E-state index in [0.717, 1.165) is 30.4 Å². The maximum Gasteiger partial charge on any atom is 0.335 e. The minimum Gasteiger partial charge on any atom is -0.504 e. The number of carbonyl (C=O) groups is 1. The van der Waals surface area contributed by atoms with Crippen LogP contribution in [0.2, 0.25) is 0 Å². The van der Waals surface area contributed by atoms with Gasteiger partial charge in [-0.15, -0.1) is 0 Å². The van der Waals surface area contributed by atoms with Crippen molar-refractivity contribution in [1.82, 2.24) is 0 Å². The van der Waals surface area contributed by atoms with E-state index in [-0.39, 0.29) is 17.1 Å². The van der Waals surface area contributed by atoms with E-state index in [1.165, 1.54) is 7.11 Å². The number of carboxylic acids is 1. The molecule has 0 atom stereocenters. The third kappa shape index (κ3) is 4.65. The highest BCUT2D eigenvalue weighted by Crippen LogP contribution is 2.41. The Labute approximate surface area is 177 Å². The summed E-state index contributed by atoms with van der Waals surface area (Å²) >= 11 is 0. The number of phenols is 1. The second kappa shape index (κ2) is 9.97. The van der Waals surface area contributed by atoms with Crippen LogP contribution in [0.25, 0.3) is 16.3 Å². The third-order valence-electron chi connectivity index (χ3n) is 5.32. The van der Waals surface area contributed by atoms with Crippen molar-refractivity contribution in [1.29, 1.82) is 0 Å². The van der Waals surface area contributed by atoms with Gasteiger partial charge in [0.2, 0.25) is 0 Å². The van der Waals surface area contributed by atoms with Crippen molar-refractivity contribution in [2.45, 2.75) is 39.0 Å². The molecule has 0 aliphatic rings. The number of fused-ring (bicyclic) bond motifs is 1. The minimum atomic E-state index is -0.978. The second-order valence-electron chi connectivity index (χ2n) is 7.40. The van der Waals surface area contributed by atoms with Gasteiger partial charge in [-0.2, -0.15) is 0 Å². The summed E-state index contributed by atoms with van der Waals surface area (Å²) in [6.45, 7) is 2.12. The van der Waals surface area contributed by atoms with Gasteiger partial charge >= 0.3 is 5.97 Å². The second-order valence-corrected chi connectivity index (χ2v) is 7.40. The third-order valence-corrected chi connectivity index (χ3v) is 5.32. The van der Waals surface area contributed by atoms with Gasteiger partial charge < -0.3 is 14.9 Å². The Morgan fingerprint density at radius 3 is 2.50 bits per heavy atom. The van der Waals surface area contributed by atoms with Gasteiger partial charge in [0.25, 0.3) is 0 Å². The number of ether oxygens (including phenoxy) is 1. The SMILES string of the molecule is CCCCC/C=C(\C(=O)O)c1cc(OC)c(O)c2c(Cc3ccccc3)cccc12. The summed E-state index contributed by atoms with van der Waals surface area (Å²) < 4.78 is 5.40. The minimum absolute atomic E-state index is 0.0403. The van der Waals surface area contributed by atoms with Crippen molar-refractivity contribution in [2.75, 3.05) is 7.11 Å². The van der Waals surface area contributed by atoms with Crippen LogP contribution < -0.4 is 4.74 Å². The first-order valence-electron chi connectivity index (χ1n) is 10.4. The van der Waals surface area contributed by atoms with E-state index >= 15 is 0 Å². The monoisotopic (exact) mass is 404 g/mol. The van der Waals surface area contributed by atoms with Crippen LogP contribution in [0.1, 0.15) is 49.3 Å². The van der Waals surface area contributed by atoms with E-state index < -0.39 is 5.97 Å². The van der Waals surface area contributed by atoms with Crippen molar-refractivity contribution in [2.24, 2.45) is 0 Å². The molecular weight excluding hydrogens is 376 g/mol. The summed E-state index contributed by atoms with van der Waals surface area (Å²) in [5, 5.41) is 22.2. The highest BCUT2D eigenvalue weighted by molar-refractivity contribution is 6.20. The summed E-state index contributed by atoms with van der Waals surface area (Å²) in [6, 6.07) is 17.4. The number of hydrogen-bond donors (Lipinski definition) is 2. The quantitative estimate of drug-likeness (QED) is 0.329. The van der Waals surface area contributed by atoms with E-state index in [9.17, 15) is 15.0 Å². The molecule has 2 N–H and O–H groups in total. The summed E-state index contributed by atoms with van der Waals surface area (Å²) in [5.41, 5.74) is 2.85. The number of benzene rings is 3. The van der Waals surface area contributed by atoms with Crippen molar-refractivity contribution in [3.05, 3.63) is 77.4 Å². The van der Waals surface area contributed by atoms with Crippen LogP contribution in [-0.4, -0.2) is 23.3 Å². The Hall–Kier alpha value is -3.27. The number of rotatable bonds is 9. The van der Waals surface area contributed by atoms with E-state index in [1.54, 1.807) is 12.1 Å². The lowest BCUT2D eigenvalue weighted by Gasteiger charge is -2.16. The fraction of sp³-hybridized carbons (Fsp3) is 0.269. The van der Waals surface area contributed by atoms with Gasteiger partial charge in [-0.1, -0.05) is 74.4 Å². The number of allylic oxidation sites excluding steroid dienone is 1. The largest absolute Gasteiger partial charge is 0.504 e. The normalized spacial score (nSPS) is 11.6. The average Bonchev–Trinajstić information content (AvgIpc) is 2.75. The Bertz CT molecular complexity index is 1050. The van der Waals surface area contributed by atoms with Gasteiger partial charge in [0.1, 0.15) is 0 Å². The fourth-order valence-electron chi connectivity index (χ4n) is 3.80. The number of phenolic OH excluding ortho intramolecular Hbond substituents is 1. The predicted molar refractivity (Wildman–Crippen MR) is 121 cm³/mol. The molecule has 0 heterocycles. The van der Waals surface area contributed by atoms with E-state index in [0.29, 0.717) is 29.2 Å². The molecule has 0 amide bonds. The molecule has 4 heteroatoms. The molecule has 0 spiro atoms. The molecule has 30 heavy (non-hydrogen) atoms. The summed E-state index contributed by atoms with van der Waals surface area (Å²) in [7, 11) is 1.48. The standard InChI is InChI=1S/C26H28O4/c1-3-4-5-9-14-21(26(28)29)22-17-23(30-2)25(27)24-19(13-10-15-20(22)24)16-18-11-7-6-8-12-18/h6-8,10-15,17,27H,3-5,9,16H2,1-2H3,(H,28,29)/b21-14-. The zero-order valence-electron chi connectivity index (χ0n) is 17.5. The number of hydrogen-bond acceptors (Lipinski definition) is 3. The highest BCUT2D eigenvalue weighted by Gasteiger charge is 2.20. The van der Waals surface area contributed by atoms with E-state index in [1.807, 2.05) is 48.5 Å². The van der Waals surface area contributed by atoms with Crippen LogP contribution in [0, 0.1) is 0 Å². The molecule has 0 bridgehead atoms. The lowest BCUT2D eigenvalue weighted by Crippen LogP contribution is -2.03. The van der Waals surface area contributed by atoms with Gasteiger partial charge in [-0.3, -0.25) is 0 Å². The maximum absolute atomic E-state index is 12.1. The summed E-state index contributed by atoms with van der Waals surface area (Å²) in [6.07, 6.45) is 6.19. The first-order valence-corrected chi connectivity index (χ1v) is 10.4. The van der Waals surface area contributed by atoms with Crippen LogP contribution in [0.15, 0.2) is 60.7 Å². The predicted octanol–water partition coefficient (Wildman–Crippen LogP) is 6.19. The number of methoxy groups -OCH3 is 1. The molecule has 3 rings (SSSR count). The van der Waals surface area contributed by atoms with Crippen LogP contribution in [-0.2, 0) is 11.2 Å². The van der Waals surface area contributed by atoms with Gasteiger partial charge in [0, 0.05) is 10.9 Å². The van der Waals surface area contributed by atoms with Gasteiger partial charge in [-0.25, -0.2) is 4.79 Å². The molecule has 0 saturated heterocycles. The van der Waals surface area contributed by atoms with Crippen molar-refractivity contribution < 1.29 is 19.7 Å². The van der Waals surface area contributed by atoms with Crippen LogP contribution in [0.5, 0.6) is 11.5 Å². The zero-order valence-corrected chi connectivity index (χ0v) is 17.5. The maximum atomic E-state index is 12.1. The summed E-state index contributed by atoms with van der Waals surface area (Å²) in [4.78, 5) is 12.1. The molecule has 3 aromatic rings.